The Labute approximate surface area is 181 Å². The Balaban J connectivity index is 1.86. The summed E-state index contributed by atoms with van der Waals surface area (Å²) < 4.78 is 5.32. The van der Waals surface area contributed by atoms with Crippen molar-refractivity contribution < 1.29 is 19.4 Å². The van der Waals surface area contributed by atoms with Gasteiger partial charge < -0.3 is 15.2 Å². The zero-order valence-electron chi connectivity index (χ0n) is 15.0. The van der Waals surface area contributed by atoms with Gasteiger partial charge in [0.05, 0.1) is 28.9 Å². The molecule has 0 fully saturated rings. The lowest BCUT2D eigenvalue weighted by Gasteiger charge is -2.15. The minimum atomic E-state index is -1.25. The van der Waals surface area contributed by atoms with Crippen LogP contribution in [0.4, 0.5) is 5.69 Å². The van der Waals surface area contributed by atoms with Crippen molar-refractivity contribution in [2.45, 2.75) is 0 Å². The summed E-state index contributed by atoms with van der Waals surface area (Å²) in [6.45, 7) is 0. The average Bonchev–Trinajstić information content (AvgIpc) is 2.68. The van der Waals surface area contributed by atoms with E-state index in [1.807, 2.05) is 24.3 Å². The fourth-order valence-electron chi connectivity index (χ4n) is 2.75. The summed E-state index contributed by atoms with van der Waals surface area (Å²) in [7, 11) is 1.46. The number of nitrogens with one attached hydrogen (secondary N) is 2. The number of carboxylic acids is 1. The molecule has 0 aliphatic carbocycles. The van der Waals surface area contributed by atoms with Gasteiger partial charge in [0.1, 0.15) is 5.75 Å². The lowest BCUT2D eigenvalue weighted by Crippen LogP contribution is -2.34. The van der Waals surface area contributed by atoms with Crippen molar-refractivity contribution in [3.8, 4) is 5.75 Å². The number of benzene rings is 3. The number of hydrogen-bond acceptors (Lipinski definition) is 4. The summed E-state index contributed by atoms with van der Waals surface area (Å²) >= 11 is 17.1. The molecule has 0 saturated carbocycles. The molecule has 9 heteroatoms. The van der Waals surface area contributed by atoms with Crippen LogP contribution in [0.5, 0.6) is 5.75 Å². The highest BCUT2D eigenvalue weighted by molar-refractivity contribution is 7.80. The van der Waals surface area contributed by atoms with Crippen LogP contribution in [-0.4, -0.2) is 29.2 Å². The molecule has 0 heterocycles. The summed E-state index contributed by atoms with van der Waals surface area (Å²) in [5, 5.41) is 16.4. The number of amides is 1. The quantitative estimate of drug-likeness (QED) is 0.487. The smallest absolute Gasteiger partial charge is 0.337 e. The standard InChI is InChI=1S/C20H14Cl2N2O4S/c1-28-16-7-11-5-3-2-4-10(11)6-13(16)18(25)24-20(29)23-17-14(19(26)27)8-12(21)9-15(17)22/h2-9H,1H3,(H,26,27)(H2,23,24,25,29). The number of ether oxygens (including phenoxy) is 1. The lowest BCUT2D eigenvalue weighted by atomic mass is 10.1. The van der Waals surface area contributed by atoms with Crippen LogP contribution in [-0.2, 0) is 0 Å². The molecule has 0 bridgehead atoms. The van der Waals surface area contributed by atoms with Crippen molar-refractivity contribution in [2.75, 3.05) is 12.4 Å². The first kappa shape index (κ1) is 20.9. The van der Waals surface area contributed by atoms with Gasteiger partial charge in [0.25, 0.3) is 5.91 Å². The maximum atomic E-state index is 12.7. The van der Waals surface area contributed by atoms with Gasteiger partial charge >= 0.3 is 5.97 Å². The van der Waals surface area contributed by atoms with Crippen molar-refractivity contribution in [1.29, 1.82) is 0 Å². The molecule has 3 aromatic rings. The molecule has 0 spiro atoms. The number of carboxylic acid groups (broad SMARTS) is 1. The third-order valence-electron chi connectivity index (χ3n) is 4.06. The summed E-state index contributed by atoms with van der Waals surface area (Å²) in [6, 6.07) is 13.6. The fourth-order valence-corrected chi connectivity index (χ4v) is 3.49. The molecule has 0 atom stereocenters. The molecule has 3 aromatic carbocycles. The second-order valence-electron chi connectivity index (χ2n) is 5.92. The first-order valence-electron chi connectivity index (χ1n) is 8.21. The molecule has 1 amide bonds. The van der Waals surface area contributed by atoms with E-state index in [9.17, 15) is 14.7 Å². The number of carbonyl (C=O) groups is 2. The van der Waals surface area contributed by atoms with Gasteiger partial charge in [-0.1, -0.05) is 47.5 Å². The van der Waals surface area contributed by atoms with Crippen LogP contribution in [0.2, 0.25) is 10.0 Å². The van der Waals surface area contributed by atoms with Crippen LogP contribution in [0.15, 0.2) is 48.5 Å². The molecule has 0 saturated heterocycles. The number of aromatic carboxylic acids is 1. The molecular weight excluding hydrogens is 435 g/mol. The van der Waals surface area contributed by atoms with E-state index in [1.165, 1.54) is 19.2 Å². The van der Waals surface area contributed by atoms with E-state index in [1.54, 1.807) is 12.1 Å². The molecule has 0 radical (unpaired) electrons. The Morgan fingerprint density at radius 3 is 2.31 bits per heavy atom. The van der Waals surface area contributed by atoms with Crippen LogP contribution >= 0.6 is 35.4 Å². The Morgan fingerprint density at radius 1 is 1.03 bits per heavy atom. The second-order valence-corrected chi connectivity index (χ2v) is 7.18. The number of methoxy groups -OCH3 is 1. The maximum absolute atomic E-state index is 12.7. The molecule has 6 nitrogen and oxygen atoms in total. The van der Waals surface area contributed by atoms with E-state index < -0.39 is 11.9 Å². The lowest BCUT2D eigenvalue weighted by molar-refractivity contribution is 0.0697. The van der Waals surface area contributed by atoms with Gasteiger partial charge in [0.2, 0.25) is 0 Å². The minimum Gasteiger partial charge on any atom is -0.496 e. The summed E-state index contributed by atoms with van der Waals surface area (Å²) in [5.41, 5.74) is 0.123. The Bertz CT molecular complexity index is 1150. The second kappa shape index (κ2) is 8.65. The van der Waals surface area contributed by atoms with Gasteiger partial charge in [-0.25, -0.2) is 4.79 Å². The van der Waals surface area contributed by atoms with Crippen molar-refractivity contribution in [2.24, 2.45) is 0 Å². The van der Waals surface area contributed by atoms with E-state index in [0.29, 0.717) is 5.75 Å². The largest absolute Gasteiger partial charge is 0.496 e. The fraction of sp³-hybridized carbons (Fsp3) is 0.0500. The molecule has 0 aliphatic heterocycles. The van der Waals surface area contributed by atoms with E-state index >= 15 is 0 Å². The van der Waals surface area contributed by atoms with Crippen molar-refractivity contribution >= 4 is 68.9 Å². The van der Waals surface area contributed by atoms with Gasteiger partial charge in [-0.3, -0.25) is 10.1 Å². The Hall–Kier alpha value is -2.87. The van der Waals surface area contributed by atoms with Crippen molar-refractivity contribution in [3.05, 3.63) is 69.7 Å². The number of anilines is 1. The van der Waals surface area contributed by atoms with Crippen LogP contribution in [0.25, 0.3) is 10.8 Å². The summed E-state index contributed by atoms with van der Waals surface area (Å²) in [5.74, 6) is -1.39. The molecule has 3 rings (SSSR count). The highest BCUT2D eigenvalue weighted by Gasteiger charge is 2.19. The molecule has 148 valence electrons. The number of hydrogen-bond donors (Lipinski definition) is 3. The van der Waals surface area contributed by atoms with E-state index in [-0.39, 0.29) is 32.0 Å². The topological polar surface area (TPSA) is 87.7 Å². The number of fused-ring (bicyclic) bond motifs is 1. The molecule has 0 unspecified atom stereocenters. The number of thiocarbonyl (C=S) groups is 1. The summed E-state index contributed by atoms with van der Waals surface area (Å²) in [6.07, 6.45) is 0. The minimum absolute atomic E-state index is 0.0272. The number of rotatable bonds is 4. The Morgan fingerprint density at radius 2 is 1.69 bits per heavy atom. The van der Waals surface area contributed by atoms with E-state index in [4.69, 9.17) is 40.2 Å². The van der Waals surface area contributed by atoms with Gasteiger partial charge in [0.15, 0.2) is 5.11 Å². The van der Waals surface area contributed by atoms with Crippen LogP contribution in [0.3, 0.4) is 0 Å². The van der Waals surface area contributed by atoms with Gasteiger partial charge in [0, 0.05) is 5.02 Å². The monoisotopic (exact) mass is 448 g/mol. The molecule has 3 N–H and O–H groups in total. The predicted molar refractivity (Wildman–Crippen MR) is 118 cm³/mol. The zero-order valence-corrected chi connectivity index (χ0v) is 17.3. The third kappa shape index (κ3) is 4.59. The number of carbonyl (C=O) groups excluding carboxylic acids is 1. The molecule has 0 aliphatic rings. The first-order valence-corrected chi connectivity index (χ1v) is 9.38. The summed E-state index contributed by atoms with van der Waals surface area (Å²) in [4.78, 5) is 24.2. The van der Waals surface area contributed by atoms with Gasteiger partial charge in [-0.2, -0.15) is 0 Å². The first-order chi connectivity index (χ1) is 13.8. The van der Waals surface area contributed by atoms with Gasteiger partial charge in [-0.15, -0.1) is 0 Å². The Kier molecular flexibility index (Phi) is 6.22. The normalized spacial score (nSPS) is 10.4. The molecular formula is C20H14Cl2N2O4S. The van der Waals surface area contributed by atoms with E-state index in [2.05, 4.69) is 10.6 Å². The average molecular weight is 449 g/mol. The van der Waals surface area contributed by atoms with Crippen molar-refractivity contribution in [3.63, 3.8) is 0 Å². The van der Waals surface area contributed by atoms with Crippen molar-refractivity contribution in [1.82, 2.24) is 5.32 Å². The van der Waals surface area contributed by atoms with E-state index in [0.717, 1.165) is 10.8 Å². The predicted octanol–water partition coefficient (Wildman–Crippen LogP) is 4.98. The van der Waals surface area contributed by atoms with Crippen LogP contribution < -0.4 is 15.4 Å². The highest BCUT2D eigenvalue weighted by Crippen LogP contribution is 2.30. The maximum Gasteiger partial charge on any atom is 0.337 e. The SMILES string of the molecule is COc1cc2ccccc2cc1C(=O)NC(=S)Nc1c(Cl)cc(Cl)cc1C(=O)O. The highest BCUT2D eigenvalue weighted by atomic mass is 35.5. The van der Waals surface area contributed by atoms with Crippen LogP contribution in [0, 0.1) is 0 Å². The van der Waals surface area contributed by atoms with Gasteiger partial charge in [-0.05, 0) is 47.3 Å². The molecule has 29 heavy (non-hydrogen) atoms. The third-order valence-corrected chi connectivity index (χ3v) is 4.78. The number of halogens is 2. The van der Waals surface area contributed by atoms with Crippen LogP contribution in [0.1, 0.15) is 20.7 Å². The molecule has 0 aromatic heterocycles. The zero-order chi connectivity index (χ0) is 21.1.